The molecule has 3 fully saturated rings. The SMILES string of the molecule is CC(C)(O)[C@H]1C[C@H](C(=O)Nc2cc3cc(C4CCN([C@@]5(C)COC[C@H]5O)CC4)c(Cl)cc3cn2)C1. The predicted molar refractivity (Wildman–Crippen MR) is 137 cm³/mol. The highest BCUT2D eigenvalue weighted by Gasteiger charge is 2.45. The molecule has 190 valence electrons. The minimum atomic E-state index is -0.744. The van der Waals surface area contributed by atoms with E-state index in [0.717, 1.165) is 47.3 Å². The van der Waals surface area contributed by atoms with Crippen LogP contribution in [0.3, 0.4) is 0 Å². The highest BCUT2D eigenvalue weighted by Crippen LogP contribution is 2.42. The average molecular weight is 502 g/mol. The van der Waals surface area contributed by atoms with Crippen LogP contribution in [-0.2, 0) is 9.53 Å². The van der Waals surface area contributed by atoms with Crippen molar-refractivity contribution in [3.8, 4) is 0 Å². The Morgan fingerprint density at radius 2 is 1.94 bits per heavy atom. The molecular formula is C27H36ClN3O4. The summed E-state index contributed by atoms with van der Waals surface area (Å²) in [6, 6.07) is 6.02. The van der Waals surface area contributed by atoms with Gasteiger partial charge in [0, 0.05) is 22.5 Å². The van der Waals surface area contributed by atoms with Gasteiger partial charge in [0.25, 0.3) is 0 Å². The van der Waals surface area contributed by atoms with Gasteiger partial charge in [0.15, 0.2) is 0 Å². The Morgan fingerprint density at radius 1 is 1.23 bits per heavy atom. The fourth-order valence-corrected chi connectivity index (χ4v) is 6.18. The number of aliphatic hydroxyl groups is 2. The lowest BCUT2D eigenvalue weighted by Crippen LogP contribution is -2.56. The third-order valence-electron chi connectivity index (χ3n) is 8.64. The number of nitrogens with one attached hydrogen (secondary N) is 1. The van der Waals surface area contributed by atoms with Gasteiger partial charge >= 0.3 is 0 Å². The Balaban J connectivity index is 1.26. The van der Waals surface area contributed by atoms with Crippen molar-refractivity contribution in [1.82, 2.24) is 9.88 Å². The molecule has 0 spiro atoms. The molecule has 0 radical (unpaired) electrons. The highest BCUT2D eigenvalue weighted by molar-refractivity contribution is 6.32. The molecule has 0 unspecified atom stereocenters. The third-order valence-corrected chi connectivity index (χ3v) is 8.97. The van der Waals surface area contributed by atoms with E-state index in [1.54, 1.807) is 20.0 Å². The summed E-state index contributed by atoms with van der Waals surface area (Å²) in [4.78, 5) is 19.5. The first kappa shape index (κ1) is 24.9. The molecule has 3 N–H and O–H groups in total. The van der Waals surface area contributed by atoms with Gasteiger partial charge in [0.1, 0.15) is 5.82 Å². The largest absolute Gasteiger partial charge is 0.390 e. The number of carbonyl (C=O) groups excluding carboxylic acids is 1. The molecule has 2 atom stereocenters. The molecule has 3 aliphatic rings. The van der Waals surface area contributed by atoms with Crippen molar-refractivity contribution in [3.05, 3.63) is 35.0 Å². The number of rotatable bonds is 5. The van der Waals surface area contributed by atoms with Crippen LogP contribution in [0.1, 0.15) is 57.9 Å². The Bertz CT molecular complexity index is 1110. The minimum Gasteiger partial charge on any atom is -0.390 e. The smallest absolute Gasteiger partial charge is 0.228 e. The van der Waals surface area contributed by atoms with E-state index in [-0.39, 0.29) is 23.3 Å². The van der Waals surface area contributed by atoms with Crippen LogP contribution in [0.15, 0.2) is 24.4 Å². The molecule has 8 heteroatoms. The molecule has 1 aliphatic carbocycles. The molecule has 2 saturated heterocycles. The van der Waals surface area contributed by atoms with E-state index < -0.39 is 11.7 Å². The van der Waals surface area contributed by atoms with Gasteiger partial charge in [-0.3, -0.25) is 9.69 Å². The predicted octanol–water partition coefficient (Wildman–Crippen LogP) is 3.95. The van der Waals surface area contributed by atoms with Crippen molar-refractivity contribution in [3.63, 3.8) is 0 Å². The summed E-state index contributed by atoms with van der Waals surface area (Å²) in [6.45, 7) is 8.44. The van der Waals surface area contributed by atoms with Gasteiger partial charge in [0.05, 0.1) is 30.5 Å². The molecule has 1 saturated carbocycles. The number of nitrogens with zero attached hydrogens (tertiary/aromatic N) is 2. The molecule has 1 aromatic heterocycles. The zero-order valence-corrected chi connectivity index (χ0v) is 21.5. The summed E-state index contributed by atoms with van der Waals surface area (Å²) >= 11 is 6.70. The molecule has 1 amide bonds. The zero-order valence-electron chi connectivity index (χ0n) is 20.8. The topological polar surface area (TPSA) is 94.9 Å². The maximum Gasteiger partial charge on any atom is 0.228 e. The van der Waals surface area contributed by atoms with Gasteiger partial charge in [-0.2, -0.15) is 0 Å². The van der Waals surface area contributed by atoms with Crippen LogP contribution >= 0.6 is 11.6 Å². The van der Waals surface area contributed by atoms with Gasteiger partial charge in [-0.25, -0.2) is 4.98 Å². The highest BCUT2D eigenvalue weighted by atomic mass is 35.5. The Kier molecular flexibility index (Phi) is 6.60. The van der Waals surface area contributed by atoms with Gasteiger partial charge in [-0.1, -0.05) is 11.6 Å². The van der Waals surface area contributed by atoms with E-state index in [9.17, 15) is 15.0 Å². The summed E-state index contributed by atoms with van der Waals surface area (Å²) in [7, 11) is 0. The van der Waals surface area contributed by atoms with E-state index in [1.807, 2.05) is 12.1 Å². The van der Waals surface area contributed by atoms with Crippen LogP contribution < -0.4 is 5.32 Å². The average Bonchev–Trinajstić information content (AvgIpc) is 3.11. The summed E-state index contributed by atoms with van der Waals surface area (Å²) in [6.07, 6.45) is 4.63. The number of pyridine rings is 1. The number of hydrogen-bond donors (Lipinski definition) is 3. The normalized spacial score (nSPS) is 30.4. The second-order valence-corrected chi connectivity index (χ2v) is 11.9. The van der Waals surface area contributed by atoms with Crippen LogP contribution in [-0.4, -0.2) is 69.6 Å². The number of benzene rings is 1. The summed E-state index contributed by atoms with van der Waals surface area (Å²) in [5.41, 5.74) is 0.0685. The molecule has 5 rings (SSSR count). The number of carbonyl (C=O) groups is 1. The number of likely N-dealkylation sites (tertiary alicyclic amines) is 1. The van der Waals surface area contributed by atoms with Crippen molar-refractivity contribution in [2.45, 2.75) is 69.6 Å². The first-order valence-electron chi connectivity index (χ1n) is 12.7. The molecular weight excluding hydrogens is 466 g/mol. The second-order valence-electron chi connectivity index (χ2n) is 11.4. The number of aromatic nitrogens is 1. The molecule has 1 aromatic carbocycles. The van der Waals surface area contributed by atoms with E-state index in [4.69, 9.17) is 16.3 Å². The van der Waals surface area contributed by atoms with Crippen LogP contribution in [0.2, 0.25) is 5.02 Å². The summed E-state index contributed by atoms with van der Waals surface area (Å²) < 4.78 is 5.53. The maximum absolute atomic E-state index is 12.7. The van der Waals surface area contributed by atoms with Crippen molar-refractivity contribution < 1.29 is 19.7 Å². The Labute approximate surface area is 211 Å². The Morgan fingerprint density at radius 3 is 2.57 bits per heavy atom. The van der Waals surface area contributed by atoms with E-state index >= 15 is 0 Å². The molecule has 3 heterocycles. The lowest BCUT2D eigenvalue weighted by molar-refractivity contribution is -0.128. The monoisotopic (exact) mass is 501 g/mol. The fraction of sp³-hybridized carbons (Fsp3) is 0.630. The molecule has 2 aromatic rings. The van der Waals surface area contributed by atoms with Gasteiger partial charge in [0.2, 0.25) is 5.91 Å². The lowest BCUT2D eigenvalue weighted by Gasteiger charge is -2.43. The van der Waals surface area contributed by atoms with Crippen LogP contribution in [0.25, 0.3) is 10.8 Å². The molecule has 7 nitrogen and oxygen atoms in total. The number of hydrogen-bond acceptors (Lipinski definition) is 6. The van der Waals surface area contributed by atoms with Crippen LogP contribution in [0.5, 0.6) is 0 Å². The standard InChI is InChI=1S/C27H36ClN3O4/c1-26(2,34)20-8-18(9-20)25(33)30-24-12-17-10-21(22(28)11-19(17)13-29-24)16-4-6-31(7-5-16)27(3)15-35-14-23(27)32/h10-13,16,18,20,23,32,34H,4-9,14-15H2,1-3H3,(H,29,30,33)/t18-,20-,23-,27+/m1/s1. The number of anilines is 1. The minimum absolute atomic E-state index is 0.0366. The fourth-order valence-electron chi connectivity index (χ4n) is 5.86. The zero-order chi connectivity index (χ0) is 25.0. The lowest BCUT2D eigenvalue weighted by atomic mass is 9.67. The number of piperidine rings is 1. The molecule has 0 bridgehead atoms. The van der Waals surface area contributed by atoms with Gasteiger partial charge in [-0.05, 0) is 101 Å². The van der Waals surface area contributed by atoms with Crippen molar-refractivity contribution in [2.75, 3.05) is 31.6 Å². The number of aliphatic hydroxyl groups excluding tert-OH is 1. The van der Waals surface area contributed by atoms with E-state index in [0.29, 0.717) is 37.8 Å². The van der Waals surface area contributed by atoms with Crippen LogP contribution in [0, 0.1) is 11.8 Å². The summed E-state index contributed by atoms with van der Waals surface area (Å²) in [5.74, 6) is 0.920. The quantitative estimate of drug-likeness (QED) is 0.574. The number of amides is 1. The number of halogens is 1. The van der Waals surface area contributed by atoms with Gasteiger partial charge in [-0.15, -0.1) is 0 Å². The first-order chi connectivity index (χ1) is 16.5. The first-order valence-corrected chi connectivity index (χ1v) is 13.1. The number of ether oxygens (including phenoxy) is 1. The van der Waals surface area contributed by atoms with Crippen molar-refractivity contribution in [1.29, 1.82) is 0 Å². The van der Waals surface area contributed by atoms with E-state index in [1.165, 1.54) is 0 Å². The van der Waals surface area contributed by atoms with Crippen molar-refractivity contribution >= 4 is 34.1 Å². The molecule has 35 heavy (non-hydrogen) atoms. The summed E-state index contributed by atoms with van der Waals surface area (Å²) in [5, 5.41) is 26.2. The second kappa shape index (κ2) is 9.27. The third kappa shape index (κ3) is 4.81. The maximum atomic E-state index is 12.7. The number of fused-ring (bicyclic) bond motifs is 1. The Hall–Kier alpha value is -1.77. The molecule has 2 aliphatic heterocycles. The van der Waals surface area contributed by atoms with Gasteiger partial charge < -0.3 is 20.3 Å². The van der Waals surface area contributed by atoms with Crippen LogP contribution in [0.4, 0.5) is 5.82 Å². The van der Waals surface area contributed by atoms with E-state index in [2.05, 4.69) is 28.2 Å². The van der Waals surface area contributed by atoms with Crippen molar-refractivity contribution in [2.24, 2.45) is 11.8 Å².